The first-order valence-electron chi connectivity index (χ1n) is 7.25. The van der Waals surface area contributed by atoms with E-state index in [2.05, 4.69) is 0 Å². The van der Waals surface area contributed by atoms with Crippen LogP contribution in [0.5, 0.6) is 0 Å². The van der Waals surface area contributed by atoms with Gasteiger partial charge in [-0.3, -0.25) is 4.79 Å². The largest absolute Gasteiger partial charge is 0.466 e. The molecule has 22 heavy (non-hydrogen) atoms. The lowest BCUT2D eigenvalue weighted by Crippen LogP contribution is -2.05. The Bertz CT molecular complexity index is 606. The standard InChI is InChI=1S/C18H18Cl2O2/c1-2-22-18(21)12-11-17(20)15-5-3-13(4-6-15)14-7-9-16(19)10-8-14/h3-10,17H,2,11-12H2,1H3. The van der Waals surface area contributed by atoms with Crippen molar-refractivity contribution < 1.29 is 9.53 Å². The van der Waals surface area contributed by atoms with Crippen molar-refractivity contribution >= 4 is 29.2 Å². The van der Waals surface area contributed by atoms with Crippen LogP contribution in [0.1, 0.15) is 30.7 Å². The number of rotatable bonds is 6. The van der Waals surface area contributed by atoms with Crippen molar-refractivity contribution in [2.24, 2.45) is 0 Å². The molecule has 0 amide bonds. The fourth-order valence-electron chi connectivity index (χ4n) is 2.17. The van der Waals surface area contributed by atoms with Crippen molar-refractivity contribution in [3.05, 3.63) is 59.1 Å². The average Bonchev–Trinajstić information content (AvgIpc) is 2.54. The van der Waals surface area contributed by atoms with Crippen molar-refractivity contribution in [1.29, 1.82) is 0 Å². The van der Waals surface area contributed by atoms with E-state index >= 15 is 0 Å². The zero-order valence-corrected chi connectivity index (χ0v) is 13.9. The Morgan fingerprint density at radius 2 is 1.59 bits per heavy atom. The van der Waals surface area contributed by atoms with Gasteiger partial charge in [0.05, 0.1) is 12.0 Å². The first kappa shape index (κ1) is 16.9. The molecule has 1 atom stereocenters. The highest BCUT2D eigenvalue weighted by molar-refractivity contribution is 6.30. The van der Waals surface area contributed by atoms with Gasteiger partial charge in [-0.1, -0.05) is 48.0 Å². The average molecular weight is 337 g/mol. The molecule has 0 aliphatic heterocycles. The monoisotopic (exact) mass is 336 g/mol. The second kappa shape index (κ2) is 8.21. The molecule has 0 bridgehead atoms. The van der Waals surface area contributed by atoms with E-state index in [0.29, 0.717) is 19.4 Å². The van der Waals surface area contributed by atoms with Gasteiger partial charge in [0, 0.05) is 11.4 Å². The maximum Gasteiger partial charge on any atom is 0.305 e. The van der Waals surface area contributed by atoms with Gasteiger partial charge in [-0.15, -0.1) is 11.6 Å². The molecule has 2 aromatic rings. The molecule has 2 nitrogen and oxygen atoms in total. The van der Waals surface area contributed by atoms with Crippen molar-refractivity contribution in [2.75, 3.05) is 6.61 Å². The minimum atomic E-state index is -0.203. The number of carbonyl (C=O) groups excluding carboxylic acids is 1. The normalized spacial score (nSPS) is 12.0. The molecule has 0 heterocycles. The van der Waals surface area contributed by atoms with E-state index in [1.54, 1.807) is 6.92 Å². The number of esters is 1. The van der Waals surface area contributed by atoms with Crippen LogP contribution < -0.4 is 0 Å². The van der Waals surface area contributed by atoms with E-state index < -0.39 is 0 Å². The summed E-state index contributed by atoms with van der Waals surface area (Å²) in [7, 11) is 0. The predicted molar refractivity (Wildman–Crippen MR) is 91.3 cm³/mol. The lowest BCUT2D eigenvalue weighted by Gasteiger charge is -2.10. The van der Waals surface area contributed by atoms with E-state index in [0.717, 1.165) is 21.7 Å². The van der Waals surface area contributed by atoms with Crippen LogP contribution in [0.2, 0.25) is 5.02 Å². The highest BCUT2D eigenvalue weighted by atomic mass is 35.5. The second-order valence-corrected chi connectivity index (χ2v) is 5.90. The first-order chi connectivity index (χ1) is 10.6. The summed E-state index contributed by atoms with van der Waals surface area (Å²) in [6.07, 6.45) is 0.904. The highest BCUT2D eigenvalue weighted by Crippen LogP contribution is 2.28. The molecule has 0 N–H and O–H groups in total. The van der Waals surface area contributed by atoms with E-state index in [4.69, 9.17) is 27.9 Å². The summed E-state index contributed by atoms with van der Waals surface area (Å²) < 4.78 is 4.91. The third kappa shape index (κ3) is 4.75. The molecule has 0 aliphatic rings. The lowest BCUT2D eigenvalue weighted by molar-refractivity contribution is -0.143. The van der Waals surface area contributed by atoms with Crippen LogP contribution in [-0.2, 0) is 9.53 Å². The molecule has 2 rings (SSSR count). The van der Waals surface area contributed by atoms with Crippen molar-refractivity contribution in [2.45, 2.75) is 25.1 Å². The molecule has 0 aromatic heterocycles. The number of ether oxygens (including phenoxy) is 1. The van der Waals surface area contributed by atoms with Crippen molar-refractivity contribution in [3.8, 4) is 11.1 Å². The first-order valence-corrected chi connectivity index (χ1v) is 8.07. The van der Waals surface area contributed by atoms with Crippen LogP contribution in [0, 0.1) is 0 Å². The summed E-state index contributed by atoms with van der Waals surface area (Å²) in [5, 5.41) is 0.531. The van der Waals surface area contributed by atoms with Gasteiger partial charge in [0.2, 0.25) is 0 Å². The van der Waals surface area contributed by atoms with E-state index in [-0.39, 0.29) is 11.3 Å². The predicted octanol–water partition coefficient (Wildman–Crippen LogP) is 5.63. The molecular weight excluding hydrogens is 319 g/mol. The van der Waals surface area contributed by atoms with Crippen molar-refractivity contribution in [1.82, 2.24) is 0 Å². The minimum Gasteiger partial charge on any atom is -0.466 e. The van der Waals surface area contributed by atoms with Crippen molar-refractivity contribution in [3.63, 3.8) is 0 Å². The number of hydrogen-bond acceptors (Lipinski definition) is 2. The number of halogens is 2. The number of alkyl halides is 1. The fourth-order valence-corrected chi connectivity index (χ4v) is 2.55. The second-order valence-electron chi connectivity index (χ2n) is 4.94. The molecule has 0 saturated heterocycles. The van der Waals surface area contributed by atoms with Crippen LogP contribution in [0.3, 0.4) is 0 Å². The Morgan fingerprint density at radius 1 is 1.05 bits per heavy atom. The number of benzene rings is 2. The molecule has 116 valence electrons. The molecule has 0 spiro atoms. The topological polar surface area (TPSA) is 26.3 Å². The van der Waals surface area contributed by atoms with Gasteiger partial charge in [-0.2, -0.15) is 0 Å². The summed E-state index contributed by atoms with van der Waals surface area (Å²) >= 11 is 12.2. The van der Waals surface area contributed by atoms with Gasteiger partial charge in [-0.05, 0) is 42.2 Å². The smallest absolute Gasteiger partial charge is 0.305 e. The third-order valence-electron chi connectivity index (χ3n) is 3.36. The molecule has 0 fully saturated rings. The number of hydrogen-bond donors (Lipinski definition) is 0. The third-order valence-corrected chi connectivity index (χ3v) is 4.08. The Kier molecular flexibility index (Phi) is 6.29. The lowest BCUT2D eigenvalue weighted by atomic mass is 10.0. The van der Waals surface area contributed by atoms with E-state index in [1.807, 2.05) is 48.5 Å². The minimum absolute atomic E-state index is 0.191. The fraction of sp³-hybridized carbons (Fsp3) is 0.278. The zero-order valence-electron chi connectivity index (χ0n) is 12.4. The van der Waals surface area contributed by atoms with Gasteiger partial charge in [0.25, 0.3) is 0 Å². The summed E-state index contributed by atoms with van der Waals surface area (Å²) in [5.74, 6) is -0.203. The van der Waals surface area contributed by atoms with Gasteiger partial charge in [0.15, 0.2) is 0 Å². The molecule has 1 unspecified atom stereocenters. The molecule has 2 aromatic carbocycles. The highest BCUT2D eigenvalue weighted by Gasteiger charge is 2.11. The maximum absolute atomic E-state index is 11.4. The summed E-state index contributed by atoms with van der Waals surface area (Å²) in [5.41, 5.74) is 3.21. The summed E-state index contributed by atoms with van der Waals surface area (Å²) in [6.45, 7) is 2.20. The van der Waals surface area contributed by atoms with Crippen LogP contribution in [0.25, 0.3) is 11.1 Å². The Balaban J connectivity index is 1.99. The Hall–Kier alpha value is -1.51. The molecule has 4 heteroatoms. The van der Waals surface area contributed by atoms with Gasteiger partial charge in [-0.25, -0.2) is 0 Å². The summed E-state index contributed by atoms with van der Waals surface area (Å²) in [6, 6.07) is 15.7. The van der Waals surface area contributed by atoms with Crippen LogP contribution in [0.4, 0.5) is 0 Å². The van der Waals surface area contributed by atoms with Gasteiger partial charge >= 0.3 is 5.97 Å². The SMILES string of the molecule is CCOC(=O)CCC(Cl)c1ccc(-c2ccc(Cl)cc2)cc1. The zero-order chi connectivity index (χ0) is 15.9. The summed E-state index contributed by atoms with van der Waals surface area (Å²) in [4.78, 5) is 11.4. The van der Waals surface area contributed by atoms with Gasteiger partial charge in [0.1, 0.15) is 0 Å². The maximum atomic E-state index is 11.4. The van der Waals surface area contributed by atoms with Gasteiger partial charge < -0.3 is 4.74 Å². The molecule has 0 saturated carbocycles. The molecule has 0 aliphatic carbocycles. The van der Waals surface area contributed by atoms with Crippen LogP contribution in [0.15, 0.2) is 48.5 Å². The van der Waals surface area contributed by atoms with E-state index in [9.17, 15) is 4.79 Å². The Labute approximate surface area is 141 Å². The van der Waals surface area contributed by atoms with E-state index in [1.165, 1.54) is 0 Å². The van der Waals surface area contributed by atoms with Crippen LogP contribution >= 0.6 is 23.2 Å². The Morgan fingerprint density at radius 3 is 2.14 bits per heavy atom. The van der Waals surface area contributed by atoms with Crippen LogP contribution in [-0.4, -0.2) is 12.6 Å². The quantitative estimate of drug-likeness (QED) is 0.504. The number of carbonyl (C=O) groups is 1. The molecule has 0 radical (unpaired) electrons. The molecular formula is C18H18Cl2O2.